The molecular formula is C19H13ClN4O2. The van der Waals surface area contributed by atoms with Crippen LogP contribution in [-0.4, -0.2) is 25.6 Å². The minimum Gasteiger partial charge on any atom is -0.506 e. The number of hydrogen-bond donors (Lipinski definition) is 2. The maximum Gasteiger partial charge on any atom is 0.274 e. The number of aromatic nitrogens is 3. The van der Waals surface area contributed by atoms with Gasteiger partial charge in [0.2, 0.25) is 0 Å². The molecule has 2 N–H and O–H groups in total. The Hall–Kier alpha value is -3.38. The third-order valence-corrected chi connectivity index (χ3v) is 4.12. The number of carbonyl (C=O) groups excluding carboxylic acids is 1. The highest BCUT2D eigenvalue weighted by atomic mass is 35.5. The van der Waals surface area contributed by atoms with E-state index < -0.39 is 5.91 Å². The molecule has 4 rings (SSSR count). The molecule has 0 bridgehead atoms. The number of fused-ring (bicyclic) bond motifs is 1. The van der Waals surface area contributed by atoms with Crippen LogP contribution >= 0.6 is 11.6 Å². The lowest BCUT2D eigenvalue weighted by Gasteiger charge is -2.07. The highest BCUT2D eigenvalue weighted by Gasteiger charge is 2.14. The molecule has 0 unspecified atom stereocenters. The van der Waals surface area contributed by atoms with Gasteiger partial charge in [-0.15, -0.1) is 0 Å². The van der Waals surface area contributed by atoms with Gasteiger partial charge in [0.15, 0.2) is 5.65 Å². The van der Waals surface area contributed by atoms with Crippen molar-refractivity contribution in [3.63, 3.8) is 0 Å². The molecule has 0 atom stereocenters. The van der Waals surface area contributed by atoms with Crippen LogP contribution in [0.4, 0.5) is 5.69 Å². The maximum absolute atomic E-state index is 12.5. The number of amides is 1. The number of nitrogens with one attached hydrogen (secondary N) is 1. The molecule has 2 aromatic carbocycles. The summed E-state index contributed by atoms with van der Waals surface area (Å²) in [5, 5.41) is 17.3. The summed E-state index contributed by atoms with van der Waals surface area (Å²) >= 11 is 6.06. The predicted octanol–water partition coefficient (Wildman–Crippen LogP) is 4.01. The normalized spacial score (nSPS) is 10.8. The van der Waals surface area contributed by atoms with Gasteiger partial charge in [-0.2, -0.15) is 5.10 Å². The van der Waals surface area contributed by atoms with E-state index in [1.165, 1.54) is 6.07 Å². The van der Waals surface area contributed by atoms with Crippen molar-refractivity contribution in [1.82, 2.24) is 14.6 Å². The van der Waals surface area contributed by atoms with Crippen LogP contribution in [0.3, 0.4) is 0 Å². The second kappa shape index (κ2) is 6.50. The highest BCUT2D eigenvalue weighted by Crippen LogP contribution is 2.26. The van der Waals surface area contributed by atoms with Gasteiger partial charge in [0.25, 0.3) is 5.91 Å². The average Bonchev–Trinajstić information content (AvgIpc) is 3.07. The van der Waals surface area contributed by atoms with Gasteiger partial charge in [-0.3, -0.25) is 4.79 Å². The number of rotatable bonds is 3. The van der Waals surface area contributed by atoms with Crippen molar-refractivity contribution in [3.8, 4) is 16.9 Å². The monoisotopic (exact) mass is 364 g/mol. The number of carbonyl (C=O) groups is 1. The molecule has 0 aliphatic heterocycles. The molecule has 2 aromatic heterocycles. The van der Waals surface area contributed by atoms with Crippen molar-refractivity contribution < 1.29 is 9.90 Å². The van der Waals surface area contributed by atoms with Gasteiger partial charge in [-0.1, -0.05) is 35.9 Å². The van der Waals surface area contributed by atoms with E-state index in [1.807, 2.05) is 18.2 Å². The Morgan fingerprint density at radius 3 is 2.77 bits per heavy atom. The van der Waals surface area contributed by atoms with Crippen molar-refractivity contribution in [2.75, 3.05) is 5.32 Å². The Kier molecular flexibility index (Phi) is 4.02. The highest BCUT2D eigenvalue weighted by molar-refractivity contribution is 6.30. The number of halogens is 1. The topological polar surface area (TPSA) is 79.5 Å². The van der Waals surface area contributed by atoms with E-state index in [9.17, 15) is 9.90 Å². The van der Waals surface area contributed by atoms with E-state index in [4.69, 9.17) is 11.6 Å². The number of para-hydroxylation sites is 2. The van der Waals surface area contributed by atoms with Crippen LogP contribution in [0.5, 0.6) is 5.75 Å². The van der Waals surface area contributed by atoms with Gasteiger partial charge in [-0.05, 0) is 35.9 Å². The number of aromatic hydroxyl groups is 1. The van der Waals surface area contributed by atoms with Gasteiger partial charge in [-0.25, -0.2) is 9.50 Å². The number of phenolic OH excluding ortho intramolecular Hbond substituents is 1. The zero-order valence-electron chi connectivity index (χ0n) is 13.4. The summed E-state index contributed by atoms with van der Waals surface area (Å²) in [6.07, 6.45) is 3.34. The van der Waals surface area contributed by atoms with E-state index in [0.29, 0.717) is 16.4 Å². The third kappa shape index (κ3) is 2.98. The Bertz CT molecular complexity index is 1120. The summed E-state index contributed by atoms with van der Waals surface area (Å²) in [7, 11) is 0. The molecule has 6 nitrogen and oxygen atoms in total. The lowest BCUT2D eigenvalue weighted by Crippen LogP contribution is -2.14. The second-order valence-electron chi connectivity index (χ2n) is 5.62. The largest absolute Gasteiger partial charge is 0.506 e. The molecule has 7 heteroatoms. The van der Waals surface area contributed by atoms with Crippen molar-refractivity contribution in [2.45, 2.75) is 0 Å². The van der Waals surface area contributed by atoms with Crippen molar-refractivity contribution in [2.24, 2.45) is 0 Å². The maximum atomic E-state index is 12.5. The van der Waals surface area contributed by atoms with Crippen LogP contribution in [0.2, 0.25) is 5.02 Å². The van der Waals surface area contributed by atoms with Crippen molar-refractivity contribution in [1.29, 1.82) is 0 Å². The van der Waals surface area contributed by atoms with Gasteiger partial charge < -0.3 is 10.4 Å². The summed E-state index contributed by atoms with van der Waals surface area (Å²) < 4.78 is 1.59. The molecule has 0 saturated heterocycles. The summed E-state index contributed by atoms with van der Waals surface area (Å²) in [5.41, 5.74) is 2.70. The van der Waals surface area contributed by atoms with Gasteiger partial charge in [0, 0.05) is 16.8 Å². The third-order valence-electron chi connectivity index (χ3n) is 3.89. The van der Waals surface area contributed by atoms with E-state index in [1.54, 1.807) is 47.2 Å². The lowest BCUT2D eigenvalue weighted by atomic mass is 10.1. The minimum absolute atomic E-state index is 0.00843. The number of hydrogen-bond acceptors (Lipinski definition) is 4. The molecule has 128 valence electrons. The molecular weight excluding hydrogens is 352 g/mol. The Morgan fingerprint density at radius 2 is 1.96 bits per heavy atom. The number of benzene rings is 2. The molecule has 4 aromatic rings. The van der Waals surface area contributed by atoms with Gasteiger partial charge in [0.1, 0.15) is 11.4 Å². The molecule has 0 aliphatic rings. The Morgan fingerprint density at radius 1 is 1.12 bits per heavy atom. The lowest BCUT2D eigenvalue weighted by molar-refractivity contribution is 0.102. The summed E-state index contributed by atoms with van der Waals surface area (Å²) in [6, 6.07) is 15.4. The molecule has 1 amide bonds. The van der Waals surface area contributed by atoms with Crippen LogP contribution in [0.25, 0.3) is 16.8 Å². The number of nitrogens with zero attached hydrogens (tertiary/aromatic N) is 3. The standard InChI is InChI=1S/C19H13ClN4O2/c20-13-5-3-4-12(10-13)14-11-21-24-9-8-16(22-18(14)24)19(26)23-15-6-1-2-7-17(15)25/h1-11,25H,(H,23,26). The summed E-state index contributed by atoms with van der Waals surface area (Å²) in [4.78, 5) is 16.9. The smallest absolute Gasteiger partial charge is 0.274 e. The van der Waals surface area contributed by atoms with Gasteiger partial charge in [0.05, 0.1) is 11.9 Å². The molecule has 0 radical (unpaired) electrons. The number of phenols is 1. The van der Waals surface area contributed by atoms with E-state index in [0.717, 1.165) is 11.1 Å². The fourth-order valence-electron chi connectivity index (χ4n) is 2.62. The zero-order valence-corrected chi connectivity index (χ0v) is 14.2. The summed E-state index contributed by atoms with van der Waals surface area (Å²) in [5.74, 6) is -0.432. The van der Waals surface area contributed by atoms with Crippen LogP contribution in [0, 0.1) is 0 Å². The predicted molar refractivity (Wildman–Crippen MR) is 99.5 cm³/mol. The SMILES string of the molecule is O=C(Nc1ccccc1O)c1ccn2ncc(-c3cccc(Cl)c3)c2n1. The van der Waals surface area contributed by atoms with Crippen LogP contribution < -0.4 is 5.32 Å². The van der Waals surface area contributed by atoms with Gasteiger partial charge >= 0.3 is 0 Å². The Balaban J connectivity index is 1.72. The first-order chi connectivity index (χ1) is 12.6. The molecule has 2 heterocycles. The average molecular weight is 365 g/mol. The van der Waals surface area contributed by atoms with E-state index in [2.05, 4.69) is 15.4 Å². The van der Waals surface area contributed by atoms with E-state index in [-0.39, 0.29) is 11.4 Å². The quantitative estimate of drug-likeness (QED) is 0.538. The zero-order chi connectivity index (χ0) is 18.1. The Labute approximate surface area is 153 Å². The van der Waals surface area contributed by atoms with Crippen molar-refractivity contribution in [3.05, 3.63) is 77.7 Å². The molecule has 0 aliphatic carbocycles. The first kappa shape index (κ1) is 16.1. The van der Waals surface area contributed by atoms with Crippen molar-refractivity contribution >= 4 is 28.8 Å². The summed E-state index contributed by atoms with van der Waals surface area (Å²) in [6.45, 7) is 0. The molecule has 0 spiro atoms. The van der Waals surface area contributed by atoms with Crippen LogP contribution in [-0.2, 0) is 0 Å². The molecule has 26 heavy (non-hydrogen) atoms. The fourth-order valence-corrected chi connectivity index (χ4v) is 2.81. The van der Waals surface area contributed by atoms with E-state index >= 15 is 0 Å². The number of anilines is 1. The molecule has 0 fully saturated rings. The van der Waals surface area contributed by atoms with Crippen LogP contribution in [0.1, 0.15) is 10.5 Å². The van der Waals surface area contributed by atoms with Crippen LogP contribution in [0.15, 0.2) is 67.0 Å². The molecule has 0 saturated carbocycles. The second-order valence-corrected chi connectivity index (χ2v) is 6.06. The fraction of sp³-hybridized carbons (Fsp3) is 0. The minimum atomic E-state index is -0.424. The first-order valence-electron chi connectivity index (χ1n) is 7.81. The first-order valence-corrected chi connectivity index (χ1v) is 8.19.